The first-order valence-corrected chi connectivity index (χ1v) is 8.97. The lowest BCUT2D eigenvalue weighted by Gasteiger charge is -2.12. The van der Waals surface area contributed by atoms with E-state index in [4.69, 9.17) is 15.4 Å². The van der Waals surface area contributed by atoms with Crippen molar-refractivity contribution < 1.29 is 17.9 Å². The monoisotopic (exact) mass is 333 g/mol. The van der Waals surface area contributed by atoms with Crippen LogP contribution in [0.1, 0.15) is 32.3 Å². The van der Waals surface area contributed by atoms with E-state index in [-0.39, 0.29) is 17.3 Å². The normalized spacial score (nSPS) is 12.8. The van der Waals surface area contributed by atoms with Gasteiger partial charge in [-0.25, -0.2) is 8.42 Å². The van der Waals surface area contributed by atoms with Crippen LogP contribution < -0.4 is 10.1 Å². The van der Waals surface area contributed by atoms with Gasteiger partial charge in [0.05, 0.1) is 12.0 Å². The molecule has 0 spiro atoms. The number of ether oxygens (including phenoxy) is 1. The van der Waals surface area contributed by atoms with Gasteiger partial charge in [-0.05, 0) is 24.1 Å². The number of amides is 1. The maximum Gasteiger partial charge on any atom is 0.261 e. The van der Waals surface area contributed by atoms with E-state index in [0.717, 1.165) is 6.42 Å². The fourth-order valence-electron chi connectivity index (χ4n) is 1.77. The summed E-state index contributed by atoms with van der Waals surface area (Å²) in [7, 11) is 2.99. The third-order valence-corrected chi connectivity index (χ3v) is 4.59. The van der Waals surface area contributed by atoms with Gasteiger partial charge < -0.3 is 10.1 Å². The highest BCUT2D eigenvalue weighted by Gasteiger charge is 2.14. The van der Waals surface area contributed by atoms with E-state index in [0.29, 0.717) is 23.7 Å². The number of carbonyl (C=O) groups is 1. The lowest BCUT2D eigenvalue weighted by atomic mass is 10.0. The molecule has 1 aromatic rings. The van der Waals surface area contributed by atoms with Crippen LogP contribution in [0.2, 0.25) is 0 Å². The van der Waals surface area contributed by atoms with Crippen molar-refractivity contribution in [2.45, 2.75) is 38.1 Å². The van der Waals surface area contributed by atoms with Gasteiger partial charge in [0.2, 0.25) is 5.91 Å². The number of nitrogens with one attached hydrogen (secondary N) is 1. The molecule has 1 N–H and O–H groups in total. The molecule has 1 aromatic carbocycles. The van der Waals surface area contributed by atoms with Crippen molar-refractivity contribution in [1.29, 1.82) is 0 Å². The Labute approximate surface area is 130 Å². The zero-order chi connectivity index (χ0) is 16.0. The molecular formula is C14H20ClNO4S. The van der Waals surface area contributed by atoms with Crippen LogP contribution in [0.4, 0.5) is 0 Å². The number of hydrogen-bond acceptors (Lipinski definition) is 4. The molecule has 5 nitrogen and oxygen atoms in total. The second-order valence-corrected chi connectivity index (χ2v) is 7.47. The first-order valence-electron chi connectivity index (χ1n) is 6.66. The average Bonchev–Trinajstić information content (AvgIpc) is 2.43. The van der Waals surface area contributed by atoms with E-state index in [2.05, 4.69) is 5.32 Å². The molecule has 0 aliphatic rings. The molecule has 0 aromatic heterocycles. The van der Waals surface area contributed by atoms with Crippen molar-refractivity contribution in [2.24, 2.45) is 5.92 Å². The third-order valence-electron chi connectivity index (χ3n) is 3.24. The van der Waals surface area contributed by atoms with Gasteiger partial charge in [-0.2, -0.15) is 0 Å². The highest BCUT2D eigenvalue weighted by atomic mass is 35.7. The van der Waals surface area contributed by atoms with E-state index < -0.39 is 9.05 Å². The van der Waals surface area contributed by atoms with Crippen molar-refractivity contribution in [2.75, 3.05) is 7.11 Å². The smallest absolute Gasteiger partial charge is 0.261 e. The van der Waals surface area contributed by atoms with Crippen LogP contribution in [0, 0.1) is 5.92 Å². The van der Waals surface area contributed by atoms with Crippen molar-refractivity contribution in [3.63, 3.8) is 0 Å². The second kappa shape index (κ2) is 7.66. The lowest BCUT2D eigenvalue weighted by Crippen LogP contribution is -2.24. The maximum absolute atomic E-state index is 11.8. The SMILES string of the molecule is CCC(C)CC(=O)NCc1cc(S(=O)(=O)Cl)ccc1OC. The Morgan fingerprint density at radius 1 is 1.43 bits per heavy atom. The molecule has 0 aliphatic carbocycles. The maximum atomic E-state index is 11.8. The summed E-state index contributed by atoms with van der Waals surface area (Å²) in [6.07, 6.45) is 1.36. The van der Waals surface area contributed by atoms with E-state index in [1.165, 1.54) is 25.3 Å². The van der Waals surface area contributed by atoms with Gasteiger partial charge in [0.15, 0.2) is 0 Å². The van der Waals surface area contributed by atoms with Crippen molar-refractivity contribution in [1.82, 2.24) is 5.32 Å². The summed E-state index contributed by atoms with van der Waals surface area (Å²) in [5.41, 5.74) is 0.566. The van der Waals surface area contributed by atoms with E-state index in [1.807, 2.05) is 13.8 Å². The molecule has 0 radical (unpaired) electrons. The van der Waals surface area contributed by atoms with Gasteiger partial charge in [0.25, 0.3) is 9.05 Å². The molecule has 0 heterocycles. The second-order valence-electron chi connectivity index (χ2n) is 4.91. The molecule has 0 aliphatic heterocycles. The molecule has 0 saturated carbocycles. The number of rotatable bonds is 7. The molecule has 1 atom stereocenters. The Kier molecular flexibility index (Phi) is 6.48. The summed E-state index contributed by atoms with van der Waals surface area (Å²) in [5.74, 6) is 0.731. The summed E-state index contributed by atoms with van der Waals surface area (Å²) in [5, 5.41) is 2.76. The van der Waals surface area contributed by atoms with Gasteiger partial charge in [-0.3, -0.25) is 4.79 Å². The van der Waals surface area contributed by atoms with Crippen LogP contribution in [-0.4, -0.2) is 21.4 Å². The first kappa shape index (κ1) is 17.8. The number of benzene rings is 1. The van der Waals surface area contributed by atoms with E-state index in [1.54, 1.807) is 0 Å². The van der Waals surface area contributed by atoms with Gasteiger partial charge in [-0.15, -0.1) is 0 Å². The van der Waals surface area contributed by atoms with Crippen LogP contribution in [-0.2, 0) is 20.4 Å². The minimum absolute atomic E-state index is 0.0175. The summed E-state index contributed by atoms with van der Waals surface area (Å²) in [4.78, 5) is 11.8. The summed E-state index contributed by atoms with van der Waals surface area (Å²) >= 11 is 0. The lowest BCUT2D eigenvalue weighted by molar-refractivity contribution is -0.122. The fraction of sp³-hybridized carbons (Fsp3) is 0.500. The molecule has 118 valence electrons. The zero-order valence-corrected chi connectivity index (χ0v) is 13.9. The summed E-state index contributed by atoms with van der Waals surface area (Å²) < 4.78 is 27.8. The fourth-order valence-corrected chi connectivity index (χ4v) is 2.57. The quantitative estimate of drug-likeness (QED) is 0.779. The summed E-state index contributed by atoms with van der Waals surface area (Å²) in [6.45, 7) is 4.22. The first-order chi connectivity index (χ1) is 9.77. The predicted octanol–water partition coefficient (Wildman–Crippen LogP) is 2.68. The topological polar surface area (TPSA) is 72.5 Å². The minimum Gasteiger partial charge on any atom is -0.496 e. The standard InChI is InChI=1S/C14H20ClNO4S/c1-4-10(2)7-14(17)16-9-11-8-12(21(15,18)19)5-6-13(11)20-3/h5-6,8,10H,4,7,9H2,1-3H3,(H,16,17). The van der Waals surface area contributed by atoms with Crippen molar-refractivity contribution in [3.8, 4) is 5.75 Å². The number of methoxy groups -OCH3 is 1. The highest BCUT2D eigenvalue weighted by Crippen LogP contribution is 2.24. The molecule has 7 heteroatoms. The van der Waals surface area contributed by atoms with Gasteiger partial charge in [-0.1, -0.05) is 20.3 Å². The van der Waals surface area contributed by atoms with Crippen molar-refractivity contribution >= 4 is 25.6 Å². The van der Waals surface area contributed by atoms with E-state index >= 15 is 0 Å². The van der Waals surface area contributed by atoms with Crippen LogP contribution in [0.25, 0.3) is 0 Å². The van der Waals surface area contributed by atoms with Gasteiger partial charge >= 0.3 is 0 Å². The minimum atomic E-state index is -3.81. The summed E-state index contributed by atoms with van der Waals surface area (Å²) in [6, 6.07) is 4.29. The van der Waals surface area contributed by atoms with Gasteiger partial charge in [0.1, 0.15) is 5.75 Å². The van der Waals surface area contributed by atoms with Crippen LogP contribution in [0.5, 0.6) is 5.75 Å². The number of carbonyl (C=O) groups excluding carboxylic acids is 1. The molecule has 0 bridgehead atoms. The third kappa shape index (κ3) is 5.55. The Morgan fingerprint density at radius 2 is 2.10 bits per heavy atom. The Balaban J connectivity index is 2.84. The average molecular weight is 334 g/mol. The van der Waals surface area contributed by atoms with Crippen molar-refractivity contribution in [3.05, 3.63) is 23.8 Å². The molecule has 21 heavy (non-hydrogen) atoms. The largest absolute Gasteiger partial charge is 0.496 e. The molecule has 1 rings (SSSR count). The van der Waals surface area contributed by atoms with Crippen LogP contribution in [0.3, 0.4) is 0 Å². The Morgan fingerprint density at radius 3 is 2.62 bits per heavy atom. The van der Waals surface area contributed by atoms with Crippen LogP contribution in [0.15, 0.2) is 23.1 Å². The Hall–Kier alpha value is -1.27. The van der Waals surface area contributed by atoms with Crippen LogP contribution >= 0.6 is 10.7 Å². The zero-order valence-electron chi connectivity index (χ0n) is 12.3. The predicted molar refractivity (Wildman–Crippen MR) is 82.0 cm³/mol. The molecular weight excluding hydrogens is 314 g/mol. The highest BCUT2D eigenvalue weighted by molar-refractivity contribution is 8.13. The molecule has 0 saturated heterocycles. The molecule has 1 unspecified atom stereocenters. The van der Waals surface area contributed by atoms with Gasteiger partial charge in [0, 0.05) is 29.2 Å². The molecule has 1 amide bonds. The number of halogens is 1. The number of hydrogen-bond donors (Lipinski definition) is 1. The molecule has 0 fully saturated rings. The van der Waals surface area contributed by atoms with E-state index in [9.17, 15) is 13.2 Å². The Bertz CT molecular complexity index is 601.